The average molecular weight is 312 g/mol. The van der Waals surface area contributed by atoms with Gasteiger partial charge < -0.3 is 18.6 Å². The number of methoxy groups -OCH3 is 2. The van der Waals surface area contributed by atoms with Gasteiger partial charge in [-0.25, -0.2) is 4.79 Å². The maximum atomic E-state index is 12.3. The van der Waals surface area contributed by atoms with E-state index >= 15 is 0 Å². The Morgan fingerprint density at radius 1 is 1.14 bits per heavy atom. The Bertz CT molecular complexity index is 529. The van der Waals surface area contributed by atoms with Gasteiger partial charge >= 0.3 is 17.9 Å². The predicted molar refractivity (Wildman–Crippen MR) is 70.6 cm³/mol. The van der Waals surface area contributed by atoms with Crippen molar-refractivity contribution in [3.63, 3.8) is 0 Å². The Balaban J connectivity index is 3.29. The number of furan rings is 1. The van der Waals surface area contributed by atoms with E-state index < -0.39 is 35.5 Å². The molecule has 0 spiro atoms. The monoisotopic (exact) mass is 312 g/mol. The van der Waals surface area contributed by atoms with E-state index in [1.54, 1.807) is 0 Å². The summed E-state index contributed by atoms with van der Waals surface area (Å²) in [5, 5.41) is 0. The maximum Gasteiger partial charge on any atom is 0.375 e. The first-order chi connectivity index (χ1) is 10.5. The summed E-state index contributed by atoms with van der Waals surface area (Å²) in [6.07, 6.45) is 1.24. The van der Waals surface area contributed by atoms with E-state index in [9.17, 15) is 19.2 Å². The van der Waals surface area contributed by atoms with Gasteiger partial charge in [0.1, 0.15) is 11.7 Å². The molecule has 0 amide bonds. The molecule has 1 rings (SSSR count). The molecule has 0 aliphatic carbocycles. The molecule has 0 saturated carbocycles. The van der Waals surface area contributed by atoms with Crippen LogP contribution in [0.1, 0.15) is 18.6 Å². The molecule has 0 bridgehead atoms. The number of Topliss-reactive ketones (excluding diaryl/α,β-unsaturated/α-hetero) is 1. The Morgan fingerprint density at radius 3 is 2.14 bits per heavy atom. The van der Waals surface area contributed by atoms with Crippen molar-refractivity contribution in [3.8, 4) is 0 Å². The van der Waals surface area contributed by atoms with Crippen molar-refractivity contribution in [2.24, 2.45) is 5.92 Å². The Labute approximate surface area is 126 Å². The molecule has 22 heavy (non-hydrogen) atoms. The third-order valence-electron chi connectivity index (χ3n) is 2.85. The molecule has 0 aliphatic heterocycles. The fraction of sp³-hybridized carbons (Fsp3) is 0.429. The zero-order valence-corrected chi connectivity index (χ0v) is 12.4. The SMILES string of the molecule is CCOC(=O)C(=O)[C@@H](c1ccco1)C(C(=O)OC)C(=O)OC. The molecule has 1 heterocycles. The lowest BCUT2D eigenvalue weighted by Crippen LogP contribution is -2.39. The van der Waals surface area contributed by atoms with Crippen molar-refractivity contribution in [2.45, 2.75) is 12.8 Å². The molecular formula is C14H16O8. The van der Waals surface area contributed by atoms with Crippen LogP contribution in [0.25, 0.3) is 0 Å². The zero-order chi connectivity index (χ0) is 16.7. The van der Waals surface area contributed by atoms with Crippen molar-refractivity contribution in [2.75, 3.05) is 20.8 Å². The van der Waals surface area contributed by atoms with Gasteiger partial charge in [0.05, 0.1) is 27.1 Å². The highest BCUT2D eigenvalue weighted by Gasteiger charge is 2.46. The van der Waals surface area contributed by atoms with E-state index in [-0.39, 0.29) is 12.4 Å². The smallest absolute Gasteiger partial charge is 0.375 e. The minimum Gasteiger partial charge on any atom is -0.469 e. The second kappa shape index (κ2) is 7.96. The van der Waals surface area contributed by atoms with E-state index in [1.165, 1.54) is 25.3 Å². The first-order valence-electron chi connectivity index (χ1n) is 6.37. The summed E-state index contributed by atoms with van der Waals surface area (Å²) in [5.41, 5.74) is 0. The van der Waals surface area contributed by atoms with Crippen LogP contribution in [0.3, 0.4) is 0 Å². The minimum atomic E-state index is -1.67. The fourth-order valence-corrected chi connectivity index (χ4v) is 1.86. The van der Waals surface area contributed by atoms with Crippen LogP contribution in [-0.2, 0) is 33.4 Å². The van der Waals surface area contributed by atoms with Crippen molar-refractivity contribution >= 4 is 23.7 Å². The second-order valence-corrected chi connectivity index (χ2v) is 4.10. The van der Waals surface area contributed by atoms with Crippen LogP contribution < -0.4 is 0 Å². The van der Waals surface area contributed by atoms with Crippen LogP contribution >= 0.6 is 0 Å². The van der Waals surface area contributed by atoms with Gasteiger partial charge in [0.2, 0.25) is 0 Å². The summed E-state index contributed by atoms with van der Waals surface area (Å²) in [4.78, 5) is 47.7. The van der Waals surface area contributed by atoms with Crippen LogP contribution in [0.5, 0.6) is 0 Å². The quantitative estimate of drug-likeness (QED) is 0.309. The van der Waals surface area contributed by atoms with Gasteiger partial charge in [0, 0.05) is 0 Å². The van der Waals surface area contributed by atoms with Crippen molar-refractivity contribution < 1.29 is 37.8 Å². The van der Waals surface area contributed by atoms with Crippen LogP contribution in [0, 0.1) is 5.92 Å². The third kappa shape index (κ3) is 3.72. The van der Waals surface area contributed by atoms with Crippen LogP contribution in [0.15, 0.2) is 22.8 Å². The van der Waals surface area contributed by atoms with Gasteiger partial charge in [0.25, 0.3) is 5.78 Å². The molecule has 8 heteroatoms. The molecule has 0 radical (unpaired) electrons. The highest BCUT2D eigenvalue weighted by atomic mass is 16.5. The number of ether oxygens (including phenoxy) is 3. The molecule has 120 valence electrons. The number of hydrogen-bond acceptors (Lipinski definition) is 8. The van der Waals surface area contributed by atoms with E-state index in [0.717, 1.165) is 14.2 Å². The topological polar surface area (TPSA) is 109 Å². The first kappa shape index (κ1) is 17.4. The van der Waals surface area contributed by atoms with Crippen LogP contribution in [0.2, 0.25) is 0 Å². The van der Waals surface area contributed by atoms with E-state index in [4.69, 9.17) is 4.42 Å². The lowest BCUT2D eigenvalue weighted by atomic mass is 9.86. The Hall–Kier alpha value is -2.64. The van der Waals surface area contributed by atoms with Gasteiger partial charge in [-0.2, -0.15) is 0 Å². The highest BCUT2D eigenvalue weighted by molar-refractivity contribution is 6.36. The number of ketones is 1. The summed E-state index contributed by atoms with van der Waals surface area (Å²) in [6.45, 7) is 1.49. The molecule has 0 aromatic carbocycles. The molecule has 0 N–H and O–H groups in total. The number of hydrogen-bond donors (Lipinski definition) is 0. The predicted octanol–water partition coefficient (Wildman–Crippen LogP) is 0.458. The number of carbonyl (C=O) groups excluding carboxylic acids is 4. The number of rotatable bonds is 7. The largest absolute Gasteiger partial charge is 0.469 e. The maximum absolute atomic E-state index is 12.3. The van der Waals surface area contributed by atoms with Gasteiger partial charge in [0.15, 0.2) is 5.92 Å². The molecule has 8 nitrogen and oxygen atoms in total. The number of esters is 3. The third-order valence-corrected chi connectivity index (χ3v) is 2.85. The lowest BCUT2D eigenvalue weighted by Gasteiger charge is -2.19. The van der Waals surface area contributed by atoms with E-state index in [0.29, 0.717) is 0 Å². The molecule has 1 aromatic rings. The molecule has 0 saturated heterocycles. The zero-order valence-electron chi connectivity index (χ0n) is 12.4. The molecule has 0 aliphatic rings. The van der Waals surface area contributed by atoms with Gasteiger partial charge in [-0.1, -0.05) is 0 Å². The summed E-state index contributed by atoms with van der Waals surface area (Å²) in [6, 6.07) is 2.81. The summed E-state index contributed by atoms with van der Waals surface area (Å²) >= 11 is 0. The summed E-state index contributed by atoms with van der Waals surface area (Å²) < 4.78 is 18.7. The lowest BCUT2D eigenvalue weighted by molar-refractivity contribution is -0.164. The molecule has 1 aromatic heterocycles. The van der Waals surface area contributed by atoms with Crippen LogP contribution in [-0.4, -0.2) is 44.5 Å². The molecule has 1 atom stereocenters. The first-order valence-corrected chi connectivity index (χ1v) is 6.37. The molecule has 0 unspecified atom stereocenters. The normalized spacial score (nSPS) is 11.6. The van der Waals surface area contributed by atoms with Gasteiger partial charge in [-0.3, -0.25) is 14.4 Å². The average Bonchev–Trinajstić information content (AvgIpc) is 3.04. The molecule has 0 fully saturated rings. The van der Waals surface area contributed by atoms with E-state index in [2.05, 4.69) is 14.2 Å². The van der Waals surface area contributed by atoms with Crippen molar-refractivity contribution in [3.05, 3.63) is 24.2 Å². The van der Waals surface area contributed by atoms with Crippen molar-refractivity contribution in [1.29, 1.82) is 0 Å². The van der Waals surface area contributed by atoms with Gasteiger partial charge in [-0.15, -0.1) is 0 Å². The number of carbonyl (C=O) groups is 4. The molecular weight excluding hydrogens is 296 g/mol. The standard InChI is InChI=1S/C14H16O8/c1-4-21-14(18)11(15)9(8-6-5-7-22-8)10(12(16)19-2)13(17)20-3/h5-7,9-10H,4H2,1-3H3/t9-/m0/s1. The van der Waals surface area contributed by atoms with Crippen molar-refractivity contribution in [1.82, 2.24) is 0 Å². The van der Waals surface area contributed by atoms with E-state index in [1.807, 2.05) is 0 Å². The minimum absolute atomic E-state index is 0.0312. The van der Waals surface area contributed by atoms with Gasteiger partial charge in [-0.05, 0) is 19.1 Å². The summed E-state index contributed by atoms with van der Waals surface area (Å²) in [7, 11) is 2.10. The fourth-order valence-electron chi connectivity index (χ4n) is 1.86. The second-order valence-electron chi connectivity index (χ2n) is 4.10. The summed E-state index contributed by atoms with van der Waals surface area (Å²) in [5.74, 6) is -7.55. The Kier molecular flexibility index (Phi) is 6.30. The Morgan fingerprint density at radius 2 is 1.73 bits per heavy atom. The highest BCUT2D eigenvalue weighted by Crippen LogP contribution is 2.29. The van der Waals surface area contributed by atoms with Crippen LogP contribution in [0.4, 0.5) is 0 Å².